The largest absolute Gasteiger partial charge is 0.338 e. The maximum atomic E-state index is 13.5. The lowest BCUT2D eigenvalue weighted by atomic mass is 10.0. The van der Waals surface area contributed by atoms with E-state index in [4.69, 9.17) is 0 Å². The molecule has 1 atom stereocenters. The lowest BCUT2D eigenvalue weighted by molar-refractivity contribution is -0.0389. The standard InChI is InChI=1S/C15H19F2N5O/c1-10-9-13-18-8-5-12(22(13)21-10)20-14(23)19-7-4-11-3-2-6-15(11,16)17/h5,8-9,11H,2-4,6-7H2,1H3,(H2,19,20,23). The van der Waals surface area contributed by atoms with Gasteiger partial charge in [-0.15, -0.1) is 0 Å². The molecule has 1 unspecified atom stereocenters. The first-order chi connectivity index (χ1) is 11.0. The fourth-order valence-electron chi connectivity index (χ4n) is 2.98. The molecule has 6 nitrogen and oxygen atoms in total. The second-order valence-corrected chi connectivity index (χ2v) is 5.91. The van der Waals surface area contributed by atoms with Gasteiger partial charge in [0, 0.05) is 31.1 Å². The van der Waals surface area contributed by atoms with Crippen molar-refractivity contribution in [3.8, 4) is 0 Å². The Morgan fingerprint density at radius 1 is 1.52 bits per heavy atom. The van der Waals surface area contributed by atoms with Crippen LogP contribution in [0.5, 0.6) is 0 Å². The molecule has 2 aromatic rings. The molecule has 23 heavy (non-hydrogen) atoms. The predicted octanol–water partition coefficient (Wildman–Crippen LogP) is 2.98. The molecule has 2 aromatic heterocycles. The number of carbonyl (C=O) groups is 1. The lowest BCUT2D eigenvalue weighted by Crippen LogP contribution is -2.33. The quantitative estimate of drug-likeness (QED) is 0.908. The summed E-state index contributed by atoms with van der Waals surface area (Å²) in [6.07, 6.45) is 2.89. The molecule has 1 aliphatic carbocycles. The summed E-state index contributed by atoms with van der Waals surface area (Å²) in [5.41, 5.74) is 1.42. The van der Waals surface area contributed by atoms with Crippen LogP contribution < -0.4 is 10.6 Å². The molecule has 8 heteroatoms. The number of alkyl halides is 2. The number of aryl methyl sites for hydroxylation is 1. The van der Waals surface area contributed by atoms with E-state index < -0.39 is 17.9 Å². The van der Waals surface area contributed by atoms with Crippen LogP contribution >= 0.6 is 0 Å². The van der Waals surface area contributed by atoms with E-state index in [1.807, 2.05) is 6.92 Å². The molecule has 1 saturated carbocycles. The summed E-state index contributed by atoms with van der Waals surface area (Å²) in [6, 6.07) is 2.99. The molecular formula is C15H19F2N5O. The number of aromatic nitrogens is 3. The number of anilines is 1. The molecule has 2 amide bonds. The highest BCUT2D eigenvalue weighted by atomic mass is 19.3. The van der Waals surface area contributed by atoms with E-state index in [-0.39, 0.29) is 19.4 Å². The van der Waals surface area contributed by atoms with Crippen molar-refractivity contribution in [3.63, 3.8) is 0 Å². The van der Waals surface area contributed by atoms with Gasteiger partial charge in [-0.25, -0.2) is 18.6 Å². The second-order valence-electron chi connectivity index (χ2n) is 5.91. The number of amides is 2. The zero-order valence-electron chi connectivity index (χ0n) is 12.9. The number of nitrogens with zero attached hydrogens (tertiary/aromatic N) is 3. The molecule has 0 saturated heterocycles. The van der Waals surface area contributed by atoms with Crippen molar-refractivity contribution in [2.45, 2.75) is 38.5 Å². The molecular weight excluding hydrogens is 304 g/mol. The summed E-state index contributed by atoms with van der Waals surface area (Å²) < 4.78 is 28.5. The third-order valence-corrected chi connectivity index (χ3v) is 4.16. The van der Waals surface area contributed by atoms with Crippen molar-refractivity contribution < 1.29 is 13.6 Å². The van der Waals surface area contributed by atoms with Crippen LogP contribution in [0.4, 0.5) is 19.4 Å². The van der Waals surface area contributed by atoms with Crippen LogP contribution in [0.25, 0.3) is 5.65 Å². The Labute approximate surface area is 132 Å². The number of hydrogen-bond donors (Lipinski definition) is 2. The van der Waals surface area contributed by atoms with Crippen molar-refractivity contribution in [2.75, 3.05) is 11.9 Å². The Bertz CT molecular complexity index is 715. The number of fused-ring (bicyclic) bond motifs is 1. The summed E-state index contributed by atoms with van der Waals surface area (Å²) in [5.74, 6) is -2.75. The van der Waals surface area contributed by atoms with E-state index in [1.54, 1.807) is 18.3 Å². The van der Waals surface area contributed by atoms with Gasteiger partial charge in [-0.3, -0.25) is 5.32 Å². The van der Waals surface area contributed by atoms with Crippen LogP contribution in [0.2, 0.25) is 0 Å². The summed E-state index contributed by atoms with van der Waals surface area (Å²) in [5, 5.41) is 9.53. The summed E-state index contributed by atoms with van der Waals surface area (Å²) >= 11 is 0. The molecule has 0 bridgehead atoms. The van der Waals surface area contributed by atoms with Gasteiger partial charge in [0.1, 0.15) is 5.82 Å². The Morgan fingerprint density at radius 3 is 3.09 bits per heavy atom. The van der Waals surface area contributed by atoms with Gasteiger partial charge in [-0.2, -0.15) is 9.61 Å². The average Bonchev–Trinajstić information content (AvgIpc) is 3.01. The van der Waals surface area contributed by atoms with Gasteiger partial charge in [-0.1, -0.05) is 0 Å². The van der Waals surface area contributed by atoms with E-state index >= 15 is 0 Å². The first-order valence-electron chi connectivity index (χ1n) is 7.70. The maximum Gasteiger partial charge on any atom is 0.320 e. The number of nitrogens with one attached hydrogen (secondary N) is 2. The molecule has 2 heterocycles. The number of hydrogen-bond acceptors (Lipinski definition) is 3. The average molecular weight is 323 g/mol. The van der Waals surface area contributed by atoms with Crippen LogP contribution in [0.3, 0.4) is 0 Å². The van der Waals surface area contributed by atoms with Crippen LogP contribution in [-0.4, -0.2) is 33.1 Å². The molecule has 2 N–H and O–H groups in total. The molecule has 1 fully saturated rings. The third-order valence-electron chi connectivity index (χ3n) is 4.16. The van der Waals surface area contributed by atoms with E-state index in [1.165, 1.54) is 4.52 Å². The first-order valence-corrected chi connectivity index (χ1v) is 7.70. The number of rotatable bonds is 4. The van der Waals surface area contributed by atoms with Gasteiger partial charge in [-0.05, 0) is 32.3 Å². The minimum atomic E-state index is -2.60. The minimum absolute atomic E-state index is 0.0441. The molecule has 1 aliphatic rings. The summed E-state index contributed by atoms with van der Waals surface area (Å²) in [6.45, 7) is 2.05. The van der Waals surface area contributed by atoms with E-state index in [9.17, 15) is 13.6 Å². The van der Waals surface area contributed by atoms with E-state index in [0.29, 0.717) is 24.3 Å². The van der Waals surface area contributed by atoms with Crippen LogP contribution in [-0.2, 0) is 0 Å². The van der Waals surface area contributed by atoms with Crippen LogP contribution in [0, 0.1) is 12.8 Å². The zero-order valence-corrected chi connectivity index (χ0v) is 12.9. The smallest absolute Gasteiger partial charge is 0.320 e. The Kier molecular flexibility index (Phi) is 4.14. The monoisotopic (exact) mass is 323 g/mol. The highest BCUT2D eigenvalue weighted by Gasteiger charge is 2.43. The van der Waals surface area contributed by atoms with Gasteiger partial charge in [0.25, 0.3) is 5.92 Å². The second kappa shape index (κ2) is 6.10. The highest BCUT2D eigenvalue weighted by molar-refractivity contribution is 5.88. The molecule has 124 valence electrons. The van der Waals surface area contributed by atoms with Crippen molar-refractivity contribution in [1.29, 1.82) is 0 Å². The first kappa shape index (κ1) is 15.6. The molecule has 0 radical (unpaired) electrons. The fraction of sp³-hybridized carbons (Fsp3) is 0.533. The maximum absolute atomic E-state index is 13.5. The lowest BCUT2D eigenvalue weighted by Gasteiger charge is -2.18. The highest BCUT2D eigenvalue weighted by Crippen LogP contribution is 2.41. The van der Waals surface area contributed by atoms with Gasteiger partial charge in [0.05, 0.1) is 5.69 Å². The number of carbonyl (C=O) groups excluding carboxylic acids is 1. The van der Waals surface area contributed by atoms with Gasteiger partial charge < -0.3 is 5.32 Å². The normalized spacial score (nSPS) is 19.9. The Morgan fingerprint density at radius 2 is 2.35 bits per heavy atom. The Hall–Kier alpha value is -2.25. The van der Waals surface area contributed by atoms with Gasteiger partial charge >= 0.3 is 6.03 Å². The number of urea groups is 1. The van der Waals surface area contributed by atoms with Crippen molar-refractivity contribution in [3.05, 3.63) is 24.0 Å². The number of halogens is 2. The van der Waals surface area contributed by atoms with Gasteiger partial charge in [0.15, 0.2) is 5.65 Å². The zero-order chi connectivity index (χ0) is 16.4. The minimum Gasteiger partial charge on any atom is -0.338 e. The predicted molar refractivity (Wildman–Crippen MR) is 81.7 cm³/mol. The van der Waals surface area contributed by atoms with Gasteiger partial charge in [0.2, 0.25) is 0 Å². The van der Waals surface area contributed by atoms with Crippen molar-refractivity contribution in [2.24, 2.45) is 5.92 Å². The fourth-order valence-corrected chi connectivity index (χ4v) is 2.98. The molecule has 0 aliphatic heterocycles. The molecule has 0 spiro atoms. The summed E-state index contributed by atoms with van der Waals surface area (Å²) in [7, 11) is 0. The van der Waals surface area contributed by atoms with E-state index in [2.05, 4.69) is 20.7 Å². The molecule has 0 aromatic carbocycles. The Balaban J connectivity index is 1.55. The third kappa shape index (κ3) is 3.40. The van der Waals surface area contributed by atoms with Crippen molar-refractivity contribution >= 4 is 17.5 Å². The molecule has 3 rings (SSSR count). The van der Waals surface area contributed by atoms with Crippen LogP contribution in [0.15, 0.2) is 18.3 Å². The summed E-state index contributed by atoms with van der Waals surface area (Å²) in [4.78, 5) is 16.1. The van der Waals surface area contributed by atoms with Crippen molar-refractivity contribution in [1.82, 2.24) is 19.9 Å². The van der Waals surface area contributed by atoms with Crippen LogP contribution in [0.1, 0.15) is 31.4 Å². The SMILES string of the molecule is Cc1cc2nccc(NC(=O)NCCC3CCCC3(F)F)n2n1. The topological polar surface area (TPSA) is 71.3 Å². The van der Waals surface area contributed by atoms with E-state index in [0.717, 1.165) is 5.69 Å².